The van der Waals surface area contributed by atoms with Gasteiger partial charge in [-0.1, -0.05) is 44.2 Å². The van der Waals surface area contributed by atoms with Crippen LogP contribution in [0, 0.1) is 0 Å². The molecule has 0 aliphatic rings. The first kappa shape index (κ1) is 14.8. The van der Waals surface area contributed by atoms with E-state index in [4.69, 9.17) is 0 Å². The van der Waals surface area contributed by atoms with Gasteiger partial charge < -0.3 is 5.32 Å². The molecule has 1 nitrogen and oxygen atoms in total. The molecule has 0 saturated heterocycles. The third kappa shape index (κ3) is 3.68. The van der Waals surface area contributed by atoms with Crippen LogP contribution < -0.4 is 5.32 Å². The van der Waals surface area contributed by atoms with Crippen LogP contribution >= 0.6 is 27.3 Å². The summed E-state index contributed by atoms with van der Waals surface area (Å²) in [5, 5.41) is 5.77. The van der Waals surface area contributed by atoms with E-state index in [0.717, 1.165) is 6.54 Å². The van der Waals surface area contributed by atoms with Gasteiger partial charge in [0.05, 0.1) is 0 Å². The fourth-order valence-corrected chi connectivity index (χ4v) is 3.86. The SMILES string of the molecule is CC(NCC(C)(C)c1ccccc1)c1sccc1Br. The van der Waals surface area contributed by atoms with Gasteiger partial charge in [0, 0.05) is 27.4 Å². The van der Waals surface area contributed by atoms with Crippen LogP contribution in [0.4, 0.5) is 0 Å². The average Bonchev–Trinajstić information content (AvgIpc) is 2.83. The van der Waals surface area contributed by atoms with Crippen molar-refractivity contribution in [2.45, 2.75) is 32.2 Å². The highest BCUT2D eigenvalue weighted by Crippen LogP contribution is 2.30. The predicted octanol–water partition coefficient (Wildman–Crippen LogP) is 5.14. The first-order chi connectivity index (χ1) is 9.00. The summed E-state index contributed by atoms with van der Waals surface area (Å²) in [6, 6.07) is 13.2. The molecule has 1 heterocycles. The third-order valence-electron chi connectivity index (χ3n) is 3.44. The normalized spacial score (nSPS) is 13.5. The molecular weight excluding hydrogens is 318 g/mol. The minimum Gasteiger partial charge on any atom is -0.309 e. The minimum atomic E-state index is 0.138. The lowest BCUT2D eigenvalue weighted by Gasteiger charge is -2.27. The smallest absolute Gasteiger partial charge is 0.0397 e. The predicted molar refractivity (Wildman–Crippen MR) is 87.9 cm³/mol. The lowest BCUT2D eigenvalue weighted by Crippen LogP contribution is -2.34. The van der Waals surface area contributed by atoms with E-state index in [0.29, 0.717) is 6.04 Å². The number of nitrogens with one attached hydrogen (secondary N) is 1. The molecule has 1 atom stereocenters. The van der Waals surface area contributed by atoms with Gasteiger partial charge in [0.25, 0.3) is 0 Å². The summed E-state index contributed by atoms with van der Waals surface area (Å²) in [5.74, 6) is 0. The average molecular weight is 338 g/mol. The van der Waals surface area contributed by atoms with E-state index in [2.05, 4.69) is 83.8 Å². The van der Waals surface area contributed by atoms with Crippen LogP contribution in [0.1, 0.15) is 37.3 Å². The summed E-state index contributed by atoms with van der Waals surface area (Å²) in [6.07, 6.45) is 0. The second-order valence-corrected chi connectivity index (χ2v) is 7.29. The van der Waals surface area contributed by atoms with Crippen LogP contribution in [0.25, 0.3) is 0 Å². The van der Waals surface area contributed by atoms with Gasteiger partial charge in [-0.3, -0.25) is 0 Å². The molecule has 3 heteroatoms. The molecule has 2 rings (SSSR count). The molecule has 0 bridgehead atoms. The van der Waals surface area contributed by atoms with Crippen LogP contribution in [0.3, 0.4) is 0 Å². The van der Waals surface area contributed by atoms with Crippen molar-refractivity contribution in [3.63, 3.8) is 0 Å². The van der Waals surface area contributed by atoms with Crippen LogP contribution in [0.5, 0.6) is 0 Å². The standard InChI is InChI=1S/C16H20BrNS/c1-12(15-14(17)9-10-19-15)18-11-16(2,3)13-7-5-4-6-8-13/h4-10,12,18H,11H2,1-3H3. The summed E-state index contributed by atoms with van der Waals surface area (Å²) in [7, 11) is 0. The van der Waals surface area contributed by atoms with Crippen molar-refractivity contribution >= 4 is 27.3 Å². The third-order valence-corrected chi connectivity index (χ3v) is 5.50. The Morgan fingerprint density at radius 3 is 2.47 bits per heavy atom. The van der Waals surface area contributed by atoms with Crippen molar-refractivity contribution in [1.82, 2.24) is 5.32 Å². The molecule has 0 saturated carbocycles. The van der Waals surface area contributed by atoms with Gasteiger partial charge in [-0.2, -0.15) is 0 Å². The van der Waals surface area contributed by atoms with Crippen molar-refractivity contribution in [1.29, 1.82) is 0 Å². The second kappa shape index (κ2) is 6.21. The maximum atomic E-state index is 3.65. The van der Waals surface area contributed by atoms with Crippen molar-refractivity contribution in [2.75, 3.05) is 6.54 Å². The molecule has 2 aromatic rings. The molecular formula is C16H20BrNS. The van der Waals surface area contributed by atoms with Gasteiger partial charge in [0.2, 0.25) is 0 Å². The maximum absolute atomic E-state index is 3.65. The summed E-state index contributed by atoms with van der Waals surface area (Å²) in [4.78, 5) is 1.36. The number of halogens is 1. The zero-order valence-electron chi connectivity index (χ0n) is 11.6. The van der Waals surface area contributed by atoms with Crippen molar-refractivity contribution in [2.24, 2.45) is 0 Å². The summed E-state index contributed by atoms with van der Waals surface area (Å²) < 4.78 is 1.20. The zero-order chi connectivity index (χ0) is 13.9. The van der Waals surface area contributed by atoms with Crippen molar-refractivity contribution in [3.05, 3.63) is 56.7 Å². The molecule has 0 aliphatic carbocycles. The lowest BCUT2D eigenvalue weighted by molar-refractivity contribution is 0.437. The summed E-state index contributed by atoms with van der Waals surface area (Å²) in [5.41, 5.74) is 1.51. The number of hydrogen-bond donors (Lipinski definition) is 1. The Kier molecular flexibility index (Phi) is 4.82. The molecule has 19 heavy (non-hydrogen) atoms. The Balaban J connectivity index is 2.00. The highest BCUT2D eigenvalue weighted by Gasteiger charge is 2.21. The van der Waals surface area contributed by atoms with E-state index in [1.807, 2.05) is 0 Å². The number of benzene rings is 1. The molecule has 102 valence electrons. The highest BCUT2D eigenvalue weighted by atomic mass is 79.9. The second-order valence-electron chi connectivity index (χ2n) is 5.49. The Labute approximate surface area is 128 Å². The van der Waals surface area contributed by atoms with Crippen LogP contribution in [-0.2, 0) is 5.41 Å². The number of thiophene rings is 1. The van der Waals surface area contributed by atoms with E-state index >= 15 is 0 Å². The molecule has 0 amide bonds. The van der Waals surface area contributed by atoms with Gasteiger partial charge in [-0.05, 0) is 39.9 Å². The van der Waals surface area contributed by atoms with Crippen LogP contribution in [0.2, 0.25) is 0 Å². The largest absolute Gasteiger partial charge is 0.309 e. The molecule has 1 N–H and O–H groups in total. The topological polar surface area (TPSA) is 12.0 Å². The van der Waals surface area contributed by atoms with Gasteiger partial charge in [-0.25, -0.2) is 0 Å². The number of rotatable bonds is 5. The van der Waals surface area contributed by atoms with Crippen molar-refractivity contribution < 1.29 is 0 Å². The summed E-state index contributed by atoms with van der Waals surface area (Å²) >= 11 is 5.40. The first-order valence-electron chi connectivity index (χ1n) is 6.52. The Hall–Kier alpha value is -0.640. The van der Waals surface area contributed by atoms with Crippen LogP contribution in [-0.4, -0.2) is 6.54 Å². The zero-order valence-corrected chi connectivity index (χ0v) is 14.0. The Bertz CT molecular complexity index is 519. The van der Waals surface area contributed by atoms with E-state index in [1.165, 1.54) is 14.9 Å². The fourth-order valence-electron chi connectivity index (χ4n) is 2.11. The molecule has 1 aromatic carbocycles. The van der Waals surface area contributed by atoms with Gasteiger partial charge in [0.1, 0.15) is 0 Å². The van der Waals surface area contributed by atoms with E-state index in [9.17, 15) is 0 Å². The fraction of sp³-hybridized carbons (Fsp3) is 0.375. The maximum Gasteiger partial charge on any atom is 0.0397 e. The number of hydrogen-bond acceptors (Lipinski definition) is 2. The van der Waals surface area contributed by atoms with Crippen molar-refractivity contribution in [3.8, 4) is 0 Å². The van der Waals surface area contributed by atoms with Gasteiger partial charge in [0.15, 0.2) is 0 Å². The van der Waals surface area contributed by atoms with E-state index in [1.54, 1.807) is 11.3 Å². The van der Waals surface area contributed by atoms with Gasteiger partial charge in [-0.15, -0.1) is 11.3 Å². The quantitative estimate of drug-likeness (QED) is 0.796. The Morgan fingerprint density at radius 1 is 1.21 bits per heavy atom. The highest BCUT2D eigenvalue weighted by molar-refractivity contribution is 9.10. The van der Waals surface area contributed by atoms with E-state index in [-0.39, 0.29) is 5.41 Å². The van der Waals surface area contributed by atoms with E-state index < -0.39 is 0 Å². The molecule has 0 spiro atoms. The molecule has 0 fully saturated rings. The monoisotopic (exact) mass is 337 g/mol. The summed E-state index contributed by atoms with van der Waals surface area (Å²) in [6.45, 7) is 7.75. The molecule has 0 aliphatic heterocycles. The molecule has 1 unspecified atom stereocenters. The van der Waals surface area contributed by atoms with Gasteiger partial charge >= 0.3 is 0 Å². The minimum absolute atomic E-state index is 0.138. The first-order valence-corrected chi connectivity index (χ1v) is 8.20. The van der Waals surface area contributed by atoms with Crippen LogP contribution in [0.15, 0.2) is 46.3 Å². The lowest BCUT2D eigenvalue weighted by atomic mass is 9.84. The molecule has 0 radical (unpaired) electrons. The molecule has 1 aromatic heterocycles. The Morgan fingerprint density at radius 2 is 1.89 bits per heavy atom.